The Morgan fingerprint density at radius 1 is 0.259 bits per heavy atom. The van der Waals surface area contributed by atoms with E-state index < -0.39 is 6.10 Å². The van der Waals surface area contributed by atoms with Crippen LogP contribution in [0.15, 0.2) is 109 Å². The van der Waals surface area contributed by atoms with E-state index in [-0.39, 0.29) is 31.1 Å². The van der Waals surface area contributed by atoms with Crippen molar-refractivity contribution in [1.82, 2.24) is 0 Å². The second-order valence-corrected chi connectivity index (χ2v) is 22.7. The number of hydrogen-bond acceptors (Lipinski definition) is 6. The number of carbonyl (C=O) groups excluding carboxylic acids is 3. The van der Waals surface area contributed by atoms with Crippen LogP contribution in [0.4, 0.5) is 0 Å². The maximum Gasteiger partial charge on any atom is 0.306 e. The van der Waals surface area contributed by atoms with E-state index in [2.05, 4.69) is 130 Å². The predicted octanol–water partition coefficient (Wildman–Crippen LogP) is 23.8. The summed E-state index contributed by atoms with van der Waals surface area (Å²) in [6.07, 6.45) is 94.5. The molecule has 0 saturated carbocycles. The summed E-state index contributed by atoms with van der Waals surface area (Å²) in [7, 11) is 0. The Morgan fingerprint density at radius 3 is 0.753 bits per heavy atom. The molecule has 0 aliphatic carbocycles. The Bertz CT molecular complexity index is 1620. The number of unbranched alkanes of at least 4 members (excludes halogenated alkanes) is 33. The zero-order valence-corrected chi connectivity index (χ0v) is 53.3. The number of esters is 3. The first kappa shape index (κ1) is 77.1. The van der Waals surface area contributed by atoms with Crippen LogP contribution in [0, 0.1) is 0 Å². The standard InChI is InChI=1S/C75H128O6/c1-4-7-10-13-15-17-19-21-23-25-27-29-31-33-35-37-39-41-43-45-47-49-51-53-55-57-59-62-65-68-74(77)80-71-72(70-79-73(76)67-64-61-12-9-6-3)81-75(78)69-66-63-60-58-56-54-52-50-48-46-44-42-40-38-36-34-32-30-28-26-24-22-20-18-16-14-11-8-5-2/h7,10,15,17,20-23,26-29,32-35,39,41,72H,4-6,8-9,11-14,16,18-19,24-25,30-31,36-38,40,42-71H2,1-3H3/b10-7-,17-15-,22-20-,23-21-,28-26-,29-27-,34-32-,35-33-,41-39-. The minimum atomic E-state index is -0.778. The first-order valence-corrected chi connectivity index (χ1v) is 34.4. The van der Waals surface area contributed by atoms with Crippen molar-refractivity contribution in [3.8, 4) is 0 Å². The van der Waals surface area contributed by atoms with E-state index in [1.165, 1.54) is 173 Å². The zero-order chi connectivity index (χ0) is 58.5. The van der Waals surface area contributed by atoms with E-state index in [1.54, 1.807) is 0 Å². The highest BCUT2D eigenvalue weighted by atomic mass is 16.6. The minimum Gasteiger partial charge on any atom is -0.462 e. The van der Waals surface area contributed by atoms with E-state index in [9.17, 15) is 14.4 Å². The third-order valence-electron chi connectivity index (χ3n) is 14.8. The van der Waals surface area contributed by atoms with Gasteiger partial charge in [0.05, 0.1) is 0 Å². The lowest BCUT2D eigenvalue weighted by molar-refractivity contribution is -0.167. The van der Waals surface area contributed by atoms with Crippen LogP contribution in [-0.4, -0.2) is 37.2 Å². The highest BCUT2D eigenvalue weighted by Crippen LogP contribution is 2.17. The number of allylic oxidation sites excluding steroid dienone is 18. The van der Waals surface area contributed by atoms with Crippen LogP contribution < -0.4 is 0 Å². The van der Waals surface area contributed by atoms with Crippen molar-refractivity contribution in [3.63, 3.8) is 0 Å². The molecule has 1 unspecified atom stereocenters. The third-order valence-corrected chi connectivity index (χ3v) is 14.8. The number of rotatable bonds is 62. The van der Waals surface area contributed by atoms with Gasteiger partial charge >= 0.3 is 17.9 Å². The fourth-order valence-corrected chi connectivity index (χ4v) is 9.63. The molecule has 0 aliphatic heterocycles. The average molecular weight is 1130 g/mol. The molecule has 6 nitrogen and oxygen atoms in total. The Balaban J connectivity index is 4.02. The highest BCUT2D eigenvalue weighted by molar-refractivity contribution is 5.71. The zero-order valence-electron chi connectivity index (χ0n) is 53.3. The van der Waals surface area contributed by atoms with Gasteiger partial charge in [0.15, 0.2) is 6.10 Å². The van der Waals surface area contributed by atoms with Gasteiger partial charge in [0.1, 0.15) is 13.2 Å². The number of hydrogen-bond donors (Lipinski definition) is 0. The summed E-state index contributed by atoms with van der Waals surface area (Å²) >= 11 is 0. The molecule has 0 fully saturated rings. The molecule has 0 radical (unpaired) electrons. The molecule has 0 spiro atoms. The maximum absolute atomic E-state index is 12.9. The molecule has 0 aliphatic rings. The summed E-state index contributed by atoms with van der Waals surface area (Å²) < 4.78 is 16.8. The molecule has 0 aromatic carbocycles. The first-order valence-electron chi connectivity index (χ1n) is 34.4. The van der Waals surface area contributed by atoms with Crippen LogP contribution in [0.2, 0.25) is 0 Å². The largest absolute Gasteiger partial charge is 0.462 e. The van der Waals surface area contributed by atoms with Crippen LogP contribution in [-0.2, 0) is 28.6 Å². The second kappa shape index (κ2) is 68.6. The van der Waals surface area contributed by atoms with E-state index in [0.717, 1.165) is 116 Å². The summed E-state index contributed by atoms with van der Waals surface area (Å²) in [6.45, 7) is 6.45. The van der Waals surface area contributed by atoms with Crippen LogP contribution in [0.5, 0.6) is 0 Å². The molecule has 0 saturated heterocycles. The summed E-state index contributed by atoms with van der Waals surface area (Å²) in [5.74, 6) is -0.888. The fraction of sp³-hybridized carbons (Fsp3) is 0.720. The molecule has 81 heavy (non-hydrogen) atoms. The lowest BCUT2D eigenvalue weighted by Crippen LogP contribution is -2.30. The molecule has 0 bridgehead atoms. The van der Waals surface area contributed by atoms with Gasteiger partial charge in [-0.15, -0.1) is 0 Å². The number of ether oxygens (including phenoxy) is 3. The molecule has 0 N–H and O–H groups in total. The molecular formula is C75H128O6. The Morgan fingerprint density at radius 2 is 0.481 bits per heavy atom. The van der Waals surface area contributed by atoms with Gasteiger partial charge in [0.2, 0.25) is 0 Å². The van der Waals surface area contributed by atoms with E-state index in [4.69, 9.17) is 14.2 Å². The molecular weight excluding hydrogens is 997 g/mol. The summed E-state index contributed by atoms with van der Waals surface area (Å²) in [5.41, 5.74) is 0. The van der Waals surface area contributed by atoms with Crippen molar-refractivity contribution >= 4 is 17.9 Å². The Labute approximate surface area is 501 Å². The maximum atomic E-state index is 12.9. The van der Waals surface area contributed by atoms with Gasteiger partial charge in [-0.2, -0.15) is 0 Å². The quantitative estimate of drug-likeness (QED) is 0.0261. The van der Waals surface area contributed by atoms with Gasteiger partial charge < -0.3 is 14.2 Å². The number of carbonyl (C=O) groups is 3. The molecule has 0 rings (SSSR count). The lowest BCUT2D eigenvalue weighted by atomic mass is 10.0. The third kappa shape index (κ3) is 66.8. The molecule has 0 heterocycles. The van der Waals surface area contributed by atoms with Crippen molar-refractivity contribution in [2.24, 2.45) is 0 Å². The SMILES string of the molecule is CC/C=C\C/C=C\C/C=C\C/C=C\C/C=C\C/C=C\CCCCCCCCCCCCC(=O)OCC(COC(=O)CCCCCCC)OC(=O)CCCCCCCCCCCCCCCC/C=C\C/C=C\C/C=C\CCCCCCC. The lowest BCUT2D eigenvalue weighted by Gasteiger charge is -2.18. The van der Waals surface area contributed by atoms with Gasteiger partial charge in [0, 0.05) is 19.3 Å². The molecule has 0 aromatic rings. The van der Waals surface area contributed by atoms with Gasteiger partial charge in [0.25, 0.3) is 0 Å². The molecule has 0 amide bonds. The van der Waals surface area contributed by atoms with Crippen LogP contribution in [0.1, 0.15) is 329 Å². The van der Waals surface area contributed by atoms with E-state index in [0.29, 0.717) is 19.3 Å². The predicted molar refractivity (Wildman–Crippen MR) is 353 cm³/mol. The Hall–Kier alpha value is -3.93. The van der Waals surface area contributed by atoms with Crippen molar-refractivity contribution in [2.45, 2.75) is 335 Å². The van der Waals surface area contributed by atoms with E-state index in [1.807, 2.05) is 0 Å². The minimum absolute atomic E-state index is 0.0787. The Kier molecular flexibility index (Phi) is 65.2. The second-order valence-electron chi connectivity index (χ2n) is 22.7. The highest BCUT2D eigenvalue weighted by Gasteiger charge is 2.19. The fourth-order valence-electron chi connectivity index (χ4n) is 9.63. The van der Waals surface area contributed by atoms with Gasteiger partial charge in [-0.25, -0.2) is 0 Å². The van der Waals surface area contributed by atoms with Gasteiger partial charge in [-0.1, -0.05) is 310 Å². The van der Waals surface area contributed by atoms with Crippen LogP contribution in [0.3, 0.4) is 0 Å². The van der Waals surface area contributed by atoms with Crippen molar-refractivity contribution in [2.75, 3.05) is 13.2 Å². The molecule has 464 valence electrons. The first-order chi connectivity index (χ1) is 40.0. The van der Waals surface area contributed by atoms with Crippen molar-refractivity contribution in [3.05, 3.63) is 109 Å². The normalized spacial score (nSPS) is 12.8. The van der Waals surface area contributed by atoms with Crippen molar-refractivity contribution < 1.29 is 28.6 Å². The summed E-state index contributed by atoms with van der Waals surface area (Å²) in [4.78, 5) is 38.0. The average Bonchev–Trinajstić information content (AvgIpc) is 3.47. The van der Waals surface area contributed by atoms with Crippen molar-refractivity contribution in [1.29, 1.82) is 0 Å². The topological polar surface area (TPSA) is 78.9 Å². The van der Waals surface area contributed by atoms with Crippen LogP contribution >= 0.6 is 0 Å². The van der Waals surface area contributed by atoms with E-state index >= 15 is 0 Å². The van der Waals surface area contributed by atoms with Crippen LogP contribution in [0.25, 0.3) is 0 Å². The monoisotopic (exact) mass is 1120 g/mol. The summed E-state index contributed by atoms with van der Waals surface area (Å²) in [5, 5.41) is 0. The molecule has 6 heteroatoms. The van der Waals surface area contributed by atoms with Gasteiger partial charge in [-0.05, 0) is 109 Å². The molecule has 1 atom stereocenters. The summed E-state index contributed by atoms with van der Waals surface area (Å²) in [6, 6.07) is 0. The van der Waals surface area contributed by atoms with Gasteiger partial charge in [-0.3, -0.25) is 14.4 Å². The molecule has 0 aromatic heterocycles. The smallest absolute Gasteiger partial charge is 0.306 e.